The van der Waals surface area contributed by atoms with Gasteiger partial charge in [-0.3, -0.25) is 24.4 Å². The number of rotatable bonds is 18. The van der Waals surface area contributed by atoms with Gasteiger partial charge in [0.25, 0.3) is 17.7 Å². The zero-order chi connectivity index (χ0) is 94.0. The van der Waals surface area contributed by atoms with Gasteiger partial charge in [-0.05, 0) is 216 Å². The van der Waals surface area contributed by atoms with Gasteiger partial charge in [-0.25, -0.2) is 45.7 Å². The molecule has 0 bridgehead atoms. The quantitative estimate of drug-likeness (QED) is 0.0101. The van der Waals surface area contributed by atoms with Crippen LogP contribution in [-0.2, 0) is 57.2 Å². The zero-order valence-electron chi connectivity index (χ0n) is 72.4. The molecular formula is C101H91BBr4F6LiN9O13. The number of nitrogens with zero attached hydrogens (tertiary/aromatic N) is 5. The van der Waals surface area contributed by atoms with E-state index in [0.29, 0.717) is 5.56 Å². The van der Waals surface area contributed by atoms with Gasteiger partial charge in [0.1, 0.15) is 74.3 Å². The molecule has 3 atom stereocenters. The first kappa shape index (κ1) is 108. The Balaban J connectivity index is 0.000000222. The summed E-state index contributed by atoms with van der Waals surface area (Å²) in [5, 5.41) is 28.3. The minimum atomic E-state index is -1.41. The van der Waals surface area contributed by atoms with Gasteiger partial charge in [0, 0.05) is 83.7 Å². The van der Waals surface area contributed by atoms with Crippen LogP contribution in [-0.4, -0.2) is 125 Å². The fourth-order valence-electron chi connectivity index (χ4n) is 14.8. The Morgan fingerprint density at radius 3 is 1.06 bits per heavy atom. The van der Waals surface area contributed by atoms with Crippen molar-refractivity contribution in [1.82, 2.24) is 30.9 Å². The maximum Gasteiger partial charge on any atom is 1.00 e. The van der Waals surface area contributed by atoms with Gasteiger partial charge < -0.3 is 50.1 Å². The molecule has 692 valence electrons. The molecule has 34 heteroatoms. The summed E-state index contributed by atoms with van der Waals surface area (Å²) in [7, 11) is 1.79. The first-order chi connectivity index (χ1) is 62.9. The summed E-state index contributed by atoms with van der Waals surface area (Å²) in [5.41, 5.74) is 15.1. The van der Waals surface area contributed by atoms with E-state index in [4.69, 9.17) is 39.6 Å². The maximum atomic E-state index is 14.2. The molecule has 2 aliphatic heterocycles. The van der Waals surface area contributed by atoms with Crippen LogP contribution in [0.5, 0.6) is 0 Å². The van der Waals surface area contributed by atoms with E-state index in [1.54, 1.807) is 17.2 Å². The number of carboxylic acid groups (broad SMARTS) is 1. The number of carbonyl (C=O) groups is 6. The number of amides is 3. The fourth-order valence-corrected chi connectivity index (χ4v) is 17.0. The van der Waals surface area contributed by atoms with Crippen LogP contribution < -0.4 is 40.3 Å². The molecule has 17 rings (SSSR count). The van der Waals surface area contributed by atoms with Gasteiger partial charge in [-0.1, -0.05) is 215 Å². The minimum Gasteiger partial charge on any atom is -0.870 e. The zero-order valence-corrected chi connectivity index (χ0v) is 78.8. The Hall–Kier alpha value is -12.2. The molecule has 2 fully saturated rings. The fraction of sp³-hybridized carbons (Fsp3) is 0.198. The summed E-state index contributed by atoms with van der Waals surface area (Å²) in [6.45, 7) is 9.91. The number of methoxy groups -OCH3 is 2. The van der Waals surface area contributed by atoms with Crippen molar-refractivity contribution < 1.29 is 108 Å². The standard InChI is InChI=1S/C30H21BrF2N2O3.C29H19BrF2N2O3.C27H28BF2NO5.C9H5Br2N.C4H8O.2CH4.Li.HN3.H2O/c1-38-30(37)25(35-29(36)26-23(32)11-6-12-24(26)33)15-17-13-14-22(21-10-5-4-8-19(17)21)28-27(31)20-9-3-2-7-18(20)16-34-28;30-26-19-8-2-1-6-17(19)15-33-27(26)21-13-12-16(18-7-3-4-9-20(18)21)14-24(29(36)37)34-28(35)25-22(31)10-5-11-23(25)32;1-26(2)27(3,4)36-28(35-26)19-14-13-16(17-9-6-7-10-18(17)19)15-22(25(33)34-5)31-24(32)23-20(29)11-8-12-21(23)30;10-8-7-4-2-1-3-6(7)5-12-9(8)11;1-2-4-5-3-1;;;;1-3-2;/h2-14,16,25H,15H2,1H3,(H,35,36);1-13,15,24H,14H2,(H,34,35)(H,36,37);6-14,22H,15H2,1-5H3,(H,31,32);1-5H;1-4H2;2*1H4;;1H;1H2/q;;;;;;;+1;;/p-1/t25-;24-;22-;;;;;;;/m000......./s1. The summed E-state index contributed by atoms with van der Waals surface area (Å²) < 4.78 is 115. The number of hydrogen-bond acceptors (Lipinski definition) is 16. The first-order valence-corrected chi connectivity index (χ1v) is 43.9. The molecule has 3 amide bonds. The summed E-state index contributed by atoms with van der Waals surface area (Å²) in [6.07, 6.45) is 8.02. The number of carbonyl (C=O) groups excluding carboxylic acids is 5. The Kier molecular flexibility index (Phi) is 39.5. The van der Waals surface area contributed by atoms with Gasteiger partial charge in [0.2, 0.25) is 0 Å². The van der Waals surface area contributed by atoms with E-state index < -0.39 is 124 Å². The SMILES string of the molecule is Brc1ncc2ccccc2c1Br.C.C.C1CCOC1.COC(=O)[C@H](Cc1ccc(-c2ncc3ccccc3c2Br)c2ccccc12)NC(=O)c1c(F)cccc1F.COC(=O)[C@H](Cc1ccc(B2OC(C)(C)C(C)(C)O2)c2ccccc12)NC(=O)c1c(F)cccc1F.O=C(N[C@@H](Cc1ccc(-c2ncc3ccccc3c2Br)c2ccccc12)C(=O)O)c1c(F)cccc1F.[Li+].[N-]=[N+]=N.[OH-]. The smallest absolute Gasteiger partial charge is 0.870 e. The third-order valence-electron chi connectivity index (χ3n) is 22.1. The molecule has 2 aliphatic rings. The van der Waals surface area contributed by atoms with Crippen molar-refractivity contribution in [2.24, 2.45) is 0 Å². The first-order valence-electron chi connectivity index (χ1n) is 40.7. The molecule has 22 nitrogen and oxygen atoms in total. The Morgan fingerprint density at radius 2 is 0.726 bits per heavy atom. The number of aliphatic carboxylic acids is 1. The van der Waals surface area contributed by atoms with Crippen molar-refractivity contribution in [2.75, 3.05) is 27.4 Å². The van der Waals surface area contributed by atoms with E-state index in [0.717, 1.165) is 184 Å². The van der Waals surface area contributed by atoms with Gasteiger partial charge in [-0.2, -0.15) is 0 Å². The molecule has 0 saturated carbocycles. The van der Waals surface area contributed by atoms with Crippen molar-refractivity contribution in [3.8, 4) is 22.5 Å². The van der Waals surface area contributed by atoms with Gasteiger partial charge in [-0.15, -0.1) is 5.53 Å². The number of carboxylic acids is 1. The van der Waals surface area contributed by atoms with Crippen LogP contribution in [0.2, 0.25) is 0 Å². The molecule has 5 heterocycles. The largest absolute Gasteiger partial charge is 1.00 e. The second-order valence-electron chi connectivity index (χ2n) is 30.8. The third-order valence-corrected chi connectivity index (χ3v) is 25.7. The maximum absolute atomic E-state index is 14.2. The molecular weight excluding hydrogens is 2000 g/mol. The molecule has 0 radical (unpaired) electrons. The Morgan fingerprint density at radius 1 is 0.437 bits per heavy atom. The van der Waals surface area contributed by atoms with Gasteiger partial charge in [0.15, 0.2) is 0 Å². The van der Waals surface area contributed by atoms with Crippen molar-refractivity contribution in [1.29, 1.82) is 5.53 Å². The molecule has 15 aromatic rings. The van der Waals surface area contributed by atoms with E-state index in [9.17, 15) is 60.2 Å². The molecule has 2 saturated heterocycles. The average Bonchev–Trinajstić information content (AvgIpc) is 1.62. The van der Waals surface area contributed by atoms with Crippen LogP contribution in [0.4, 0.5) is 26.3 Å². The number of ether oxygens (including phenoxy) is 3. The normalized spacial score (nSPS) is 13.1. The van der Waals surface area contributed by atoms with Crippen LogP contribution >= 0.6 is 63.7 Å². The Labute approximate surface area is 820 Å². The second-order valence-corrected chi connectivity index (χ2v) is 34.0. The number of esters is 2. The number of nitrogens with one attached hydrogen (secondary N) is 4. The molecule has 0 unspecified atom stereocenters. The molecule has 3 aromatic heterocycles. The number of benzene rings is 12. The molecule has 135 heavy (non-hydrogen) atoms. The van der Waals surface area contributed by atoms with Crippen LogP contribution in [0.25, 0.3) is 97.6 Å². The number of hydrogen-bond donors (Lipinski definition) is 5. The second kappa shape index (κ2) is 49.3. The van der Waals surface area contributed by atoms with Crippen molar-refractivity contribution in [3.05, 3.63) is 352 Å². The topological polar surface area (TPSA) is 334 Å². The number of fused-ring (bicyclic) bond motifs is 6. The number of halogens is 10. The predicted molar refractivity (Wildman–Crippen MR) is 522 cm³/mol. The predicted octanol–water partition coefficient (Wildman–Crippen LogP) is 20.6. The van der Waals surface area contributed by atoms with E-state index in [2.05, 4.69) is 95.7 Å². The minimum absolute atomic E-state index is 0. The van der Waals surface area contributed by atoms with Crippen LogP contribution in [0.3, 0.4) is 0 Å². The van der Waals surface area contributed by atoms with Crippen LogP contribution in [0.1, 0.15) is 103 Å². The molecule has 0 spiro atoms. The van der Waals surface area contributed by atoms with Crippen LogP contribution in [0, 0.1) is 40.4 Å². The summed E-state index contributed by atoms with van der Waals surface area (Å²) in [4.78, 5) is 90.5. The van der Waals surface area contributed by atoms with E-state index in [1.165, 1.54) is 32.4 Å². The van der Waals surface area contributed by atoms with Crippen molar-refractivity contribution >= 4 is 177 Å². The average molecular weight is 2090 g/mol. The van der Waals surface area contributed by atoms with E-state index in [-0.39, 0.29) is 58.5 Å². The van der Waals surface area contributed by atoms with Crippen molar-refractivity contribution in [2.45, 2.75) is 104 Å². The molecule has 6 N–H and O–H groups in total. The number of aromatic nitrogens is 3. The van der Waals surface area contributed by atoms with E-state index >= 15 is 0 Å². The summed E-state index contributed by atoms with van der Waals surface area (Å²) in [6, 6.07) is 63.2. The summed E-state index contributed by atoms with van der Waals surface area (Å²) >= 11 is 14.2. The molecule has 0 aliphatic carbocycles. The van der Waals surface area contributed by atoms with Crippen molar-refractivity contribution in [3.63, 3.8) is 0 Å². The Bertz CT molecular complexity index is 6810. The third kappa shape index (κ3) is 25.5. The molecule has 12 aromatic carbocycles. The van der Waals surface area contributed by atoms with Gasteiger partial charge in [0.05, 0.1) is 50.2 Å². The monoisotopic (exact) mass is 2090 g/mol. The van der Waals surface area contributed by atoms with Gasteiger partial charge >= 0.3 is 43.9 Å². The summed E-state index contributed by atoms with van der Waals surface area (Å²) in [5.74, 6) is -12.2. The van der Waals surface area contributed by atoms with Crippen LogP contribution in [0.15, 0.2) is 273 Å². The van der Waals surface area contributed by atoms with E-state index in [1.807, 2.05) is 210 Å². The number of pyridine rings is 3.